The summed E-state index contributed by atoms with van der Waals surface area (Å²) in [5.74, 6) is 1.24. The summed E-state index contributed by atoms with van der Waals surface area (Å²) >= 11 is 23.8. The Labute approximate surface area is 131 Å². The Morgan fingerprint density at radius 3 is 2.42 bits per heavy atom. The van der Waals surface area contributed by atoms with Crippen molar-refractivity contribution in [3.63, 3.8) is 0 Å². The summed E-state index contributed by atoms with van der Waals surface area (Å²) in [6.45, 7) is 1.86. The van der Waals surface area contributed by atoms with Gasteiger partial charge in [0.15, 0.2) is 0 Å². The average molecular weight is 340 g/mol. The van der Waals surface area contributed by atoms with Crippen LogP contribution < -0.4 is 4.74 Å². The Balaban J connectivity index is 2.44. The molecule has 0 saturated carbocycles. The number of halogens is 4. The molecular formula is C12H10Cl4N2O. The standard InChI is InChI=1S/C12H10Cl4N2O/c1-6-7(5-13)12(18(2)17-6)19-11-4-9(15)8(14)3-10(11)16/h3-4H,5H2,1-2H3. The lowest BCUT2D eigenvalue weighted by atomic mass is 10.3. The van der Waals surface area contributed by atoms with E-state index in [-0.39, 0.29) is 0 Å². The van der Waals surface area contributed by atoms with E-state index in [0.717, 1.165) is 11.3 Å². The van der Waals surface area contributed by atoms with E-state index in [4.69, 9.17) is 51.1 Å². The van der Waals surface area contributed by atoms with Crippen LogP contribution in [-0.2, 0) is 12.9 Å². The van der Waals surface area contributed by atoms with Gasteiger partial charge in [0.05, 0.1) is 32.2 Å². The predicted octanol–water partition coefficient (Wildman–Crippen LogP) is 5.22. The molecule has 0 fully saturated rings. The van der Waals surface area contributed by atoms with Gasteiger partial charge in [0.25, 0.3) is 0 Å². The van der Waals surface area contributed by atoms with Crippen molar-refractivity contribution in [2.24, 2.45) is 7.05 Å². The molecule has 0 saturated heterocycles. The van der Waals surface area contributed by atoms with Crippen LogP contribution in [0.5, 0.6) is 11.6 Å². The minimum atomic E-state index is 0.300. The van der Waals surface area contributed by atoms with Gasteiger partial charge in [-0.15, -0.1) is 11.6 Å². The van der Waals surface area contributed by atoms with Crippen molar-refractivity contribution in [2.75, 3.05) is 0 Å². The number of aromatic nitrogens is 2. The summed E-state index contributed by atoms with van der Waals surface area (Å²) < 4.78 is 7.36. The Morgan fingerprint density at radius 2 is 1.79 bits per heavy atom. The second kappa shape index (κ2) is 5.80. The normalized spacial score (nSPS) is 10.8. The van der Waals surface area contributed by atoms with Gasteiger partial charge in [-0.25, -0.2) is 4.68 Å². The molecule has 1 aromatic carbocycles. The van der Waals surface area contributed by atoms with Gasteiger partial charge in [0.1, 0.15) is 5.75 Å². The highest BCUT2D eigenvalue weighted by Gasteiger charge is 2.16. The van der Waals surface area contributed by atoms with Crippen molar-refractivity contribution in [1.29, 1.82) is 0 Å². The van der Waals surface area contributed by atoms with E-state index in [1.165, 1.54) is 6.07 Å². The van der Waals surface area contributed by atoms with Crippen LogP contribution in [0, 0.1) is 6.92 Å². The van der Waals surface area contributed by atoms with Gasteiger partial charge in [-0.1, -0.05) is 34.8 Å². The summed E-state index contributed by atoms with van der Waals surface area (Å²) in [5.41, 5.74) is 1.62. The van der Waals surface area contributed by atoms with Crippen LogP contribution in [0.25, 0.3) is 0 Å². The van der Waals surface area contributed by atoms with Gasteiger partial charge in [-0.3, -0.25) is 0 Å². The van der Waals surface area contributed by atoms with Crippen molar-refractivity contribution in [1.82, 2.24) is 9.78 Å². The Morgan fingerprint density at radius 1 is 1.16 bits per heavy atom. The fraction of sp³-hybridized carbons (Fsp3) is 0.250. The lowest BCUT2D eigenvalue weighted by molar-refractivity contribution is 0.427. The molecule has 7 heteroatoms. The molecule has 0 amide bonds. The Kier molecular flexibility index (Phi) is 4.51. The van der Waals surface area contributed by atoms with Gasteiger partial charge in [-0.2, -0.15) is 5.10 Å². The number of benzene rings is 1. The van der Waals surface area contributed by atoms with Gasteiger partial charge in [0, 0.05) is 13.1 Å². The molecule has 0 bridgehead atoms. The zero-order chi connectivity index (χ0) is 14.2. The van der Waals surface area contributed by atoms with Gasteiger partial charge in [0.2, 0.25) is 5.88 Å². The maximum absolute atomic E-state index is 6.08. The molecule has 0 radical (unpaired) electrons. The topological polar surface area (TPSA) is 27.1 Å². The zero-order valence-corrected chi connectivity index (χ0v) is 13.2. The Hall–Kier alpha value is -0.610. The molecule has 0 unspecified atom stereocenters. The summed E-state index contributed by atoms with van der Waals surface area (Å²) in [4.78, 5) is 0. The number of hydrogen-bond donors (Lipinski definition) is 0. The van der Waals surface area contributed by atoms with Crippen LogP contribution in [0.1, 0.15) is 11.3 Å². The molecule has 0 aliphatic rings. The number of hydrogen-bond acceptors (Lipinski definition) is 2. The van der Waals surface area contributed by atoms with Crippen molar-refractivity contribution in [3.8, 4) is 11.6 Å². The number of ether oxygens (including phenoxy) is 1. The van der Waals surface area contributed by atoms with Crippen molar-refractivity contribution in [3.05, 3.63) is 38.5 Å². The first-order valence-electron chi connectivity index (χ1n) is 5.35. The van der Waals surface area contributed by atoms with Crippen LogP contribution in [-0.4, -0.2) is 9.78 Å². The van der Waals surface area contributed by atoms with Gasteiger partial charge in [-0.05, 0) is 13.0 Å². The third-order valence-corrected chi connectivity index (χ3v) is 3.89. The average Bonchev–Trinajstić information content (AvgIpc) is 2.60. The van der Waals surface area contributed by atoms with E-state index in [2.05, 4.69) is 5.10 Å². The second-order valence-electron chi connectivity index (χ2n) is 3.93. The van der Waals surface area contributed by atoms with E-state index < -0.39 is 0 Å². The number of nitrogens with zero attached hydrogens (tertiary/aromatic N) is 2. The smallest absolute Gasteiger partial charge is 0.222 e. The quantitative estimate of drug-likeness (QED) is 0.566. The summed E-state index contributed by atoms with van der Waals surface area (Å²) in [6, 6.07) is 3.09. The maximum atomic E-state index is 6.08. The van der Waals surface area contributed by atoms with E-state index >= 15 is 0 Å². The molecule has 3 nitrogen and oxygen atoms in total. The summed E-state index contributed by atoms with van der Waals surface area (Å²) in [6.07, 6.45) is 0. The number of aryl methyl sites for hydroxylation is 2. The fourth-order valence-electron chi connectivity index (χ4n) is 1.65. The molecule has 0 aliphatic carbocycles. The van der Waals surface area contributed by atoms with Crippen LogP contribution >= 0.6 is 46.4 Å². The second-order valence-corrected chi connectivity index (χ2v) is 5.41. The zero-order valence-electron chi connectivity index (χ0n) is 10.2. The largest absolute Gasteiger partial charge is 0.437 e. The monoisotopic (exact) mass is 338 g/mol. The van der Waals surface area contributed by atoms with Crippen LogP contribution in [0.15, 0.2) is 12.1 Å². The first-order valence-corrected chi connectivity index (χ1v) is 7.01. The molecule has 102 valence electrons. The van der Waals surface area contributed by atoms with Crippen molar-refractivity contribution in [2.45, 2.75) is 12.8 Å². The SMILES string of the molecule is Cc1nn(C)c(Oc2cc(Cl)c(Cl)cc2Cl)c1CCl. The molecule has 0 spiro atoms. The summed E-state index contributed by atoms with van der Waals surface area (Å²) in [7, 11) is 1.77. The highest BCUT2D eigenvalue weighted by Crippen LogP contribution is 2.37. The number of alkyl halides is 1. The van der Waals surface area contributed by atoms with Crippen LogP contribution in [0.3, 0.4) is 0 Å². The molecule has 0 atom stereocenters. The van der Waals surface area contributed by atoms with E-state index in [1.54, 1.807) is 17.8 Å². The van der Waals surface area contributed by atoms with Crippen LogP contribution in [0.4, 0.5) is 0 Å². The minimum absolute atomic E-state index is 0.300. The van der Waals surface area contributed by atoms with Crippen molar-refractivity contribution >= 4 is 46.4 Å². The molecule has 0 N–H and O–H groups in total. The Bertz CT molecular complexity index is 625. The molecule has 0 aliphatic heterocycles. The minimum Gasteiger partial charge on any atom is -0.437 e. The third-order valence-electron chi connectivity index (χ3n) is 2.60. The molecular weight excluding hydrogens is 330 g/mol. The fourth-order valence-corrected chi connectivity index (χ4v) is 2.53. The van der Waals surface area contributed by atoms with E-state index in [1.807, 2.05) is 6.92 Å². The summed E-state index contributed by atoms with van der Waals surface area (Å²) in [5, 5.41) is 5.36. The van der Waals surface area contributed by atoms with E-state index in [9.17, 15) is 0 Å². The van der Waals surface area contributed by atoms with Gasteiger partial charge >= 0.3 is 0 Å². The first kappa shape index (κ1) is 14.8. The van der Waals surface area contributed by atoms with E-state index in [0.29, 0.717) is 32.6 Å². The van der Waals surface area contributed by atoms with Gasteiger partial charge < -0.3 is 4.74 Å². The highest BCUT2D eigenvalue weighted by molar-refractivity contribution is 6.43. The molecule has 2 rings (SSSR count). The van der Waals surface area contributed by atoms with Crippen molar-refractivity contribution < 1.29 is 4.74 Å². The van der Waals surface area contributed by atoms with Crippen LogP contribution in [0.2, 0.25) is 15.1 Å². The third kappa shape index (κ3) is 2.95. The lowest BCUT2D eigenvalue weighted by Crippen LogP contribution is -1.97. The first-order chi connectivity index (χ1) is 8.93. The maximum Gasteiger partial charge on any atom is 0.222 e. The predicted molar refractivity (Wildman–Crippen MR) is 79.0 cm³/mol. The molecule has 1 aromatic heterocycles. The molecule has 1 heterocycles. The molecule has 2 aromatic rings. The number of rotatable bonds is 3. The highest BCUT2D eigenvalue weighted by atomic mass is 35.5. The molecule has 19 heavy (non-hydrogen) atoms. The lowest BCUT2D eigenvalue weighted by Gasteiger charge is -2.10.